The molecule has 0 amide bonds. The summed E-state index contributed by atoms with van der Waals surface area (Å²) in [4.78, 5) is 12.8. The van der Waals surface area contributed by atoms with Gasteiger partial charge in [0.05, 0.1) is 0 Å². The van der Waals surface area contributed by atoms with Crippen LogP contribution in [0.1, 0.15) is 57.4 Å². The maximum absolute atomic E-state index is 12.8. The molecule has 0 heterocycles. The predicted molar refractivity (Wildman–Crippen MR) is 85.2 cm³/mol. The predicted octanol–water partition coefficient (Wildman–Crippen LogP) is 3.80. The van der Waals surface area contributed by atoms with Crippen LogP contribution in [-0.4, -0.2) is 17.2 Å². The Balaban J connectivity index is 1.83. The van der Waals surface area contributed by atoms with E-state index in [1.165, 1.54) is 0 Å². The summed E-state index contributed by atoms with van der Waals surface area (Å²) in [6.45, 7) is 2.19. The molecule has 2 aliphatic carbocycles. The zero-order valence-electron chi connectivity index (χ0n) is 13.3. The van der Waals surface area contributed by atoms with E-state index in [-0.39, 0.29) is 12.0 Å². The summed E-state index contributed by atoms with van der Waals surface area (Å²) in [5.41, 5.74) is -0.804. The first-order valence-corrected chi connectivity index (χ1v) is 8.59. The maximum Gasteiger partial charge on any atom is 0.343 e. The van der Waals surface area contributed by atoms with Crippen LogP contribution in [0, 0.1) is 11.8 Å². The fraction of sp³-hybridized carbons (Fsp3) is 0.632. The Labute approximate surface area is 132 Å². The van der Waals surface area contributed by atoms with Crippen LogP contribution in [0.2, 0.25) is 0 Å². The molecule has 0 bridgehead atoms. The summed E-state index contributed by atoms with van der Waals surface area (Å²) in [7, 11) is 0. The van der Waals surface area contributed by atoms with Crippen LogP contribution < -0.4 is 0 Å². The lowest BCUT2D eigenvalue weighted by atomic mass is 9.80. The quantitative estimate of drug-likeness (QED) is 0.861. The van der Waals surface area contributed by atoms with Gasteiger partial charge in [-0.2, -0.15) is 0 Å². The molecule has 0 radical (unpaired) electrons. The van der Waals surface area contributed by atoms with Crippen molar-refractivity contribution in [3.05, 3.63) is 35.9 Å². The molecule has 0 aromatic heterocycles. The first-order chi connectivity index (χ1) is 10.6. The first kappa shape index (κ1) is 15.5. The van der Waals surface area contributed by atoms with Crippen LogP contribution in [0.15, 0.2) is 30.3 Å². The minimum absolute atomic E-state index is 0.0266. The van der Waals surface area contributed by atoms with Gasteiger partial charge >= 0.3 is 5.97 Å². The van der Waals surface area contributed by atoms with E-state index in [0.717, 1.165) is 44.9 Å². The molecule has 3 rings (SSSR count). The topological polar surface area (TPSA) is 46.5 Å². The largest absolute Gasteiger partial charge is 0.460 e. The standard InChI is InChI=1S/C19H26O3/c1-14-11-12-17(13-14)22-18(20)19(21,16-9-5-6-10-16)15-7-3-2-4-8-15/h2-4,7-8,14,16-17,21H,5-6,9-13H2,1H3. The Kier molecular flexibility index (Phi) is 4.53. The van der Waals surface area contributed by atoms with E-state index in [9.17, 15) is 9.90 Å². The van der Waals surface area contributed by atoms with Gasteiger partial charge in [-0.15, -0.1) is 0 Å². The number of ether oxygens (including phenoxy) is 1. The zero-order valence-corrected chi connectivity index (χ0v) is 13.3. The van der Waals surface area contributed by atoms with Crippen molar-refractivity contribution in [1.82, 2.24) is 0 Å². The Morgan fingerprint density at radius 3 is 2.41 bits per heavy atom. The summed E-state index contributed by atoms with van der Waals surface area (Å²) in [5.74, 6) is 0.139. The molecule has 120 valence electrons. The van der Waals surface area contributed by atoms with Crippen LogP contribution in [0.3, 0.4) is 0 Å². The maximum atomic E-state index is 12.8. The number of esters is 1. The average molecular weight is 302 g/mol. The van der Waals surface area contributed by atoms with Crippen LogP contribution in [0.25, 0.3) is 0 Å². The minimum Gasteiger partial charge on any atom is -0.460 e. The number of rotatable bonds is 4. The second kappa shape index (κ2) is 6.41. The van der Waals surface area contributed by atoms with Crippen LogP contribution in [0.5, 0.6) is 0 Å². The smallest absolute Gasteiger partial charge is 0.343 e. The molecule has 3 heteroatoms. The number of hydrogen-bond donors (Lipinski definition) is 1. The van der Waals surface area contributed by atoms with E-state index in [4.69, 9.17) is 4.74 Å². The highest BCUT2D eigenvalue weighted by Crippen LogP contribution is 2.42. The van der Waals surface area contributed by atoms with Crippen molar-refractivity contribution in [2.24, 2.45) is 11.8 Å². The van der Waals surface area contributed by atoms with E-state index in [1.807, 2.05) is 30.3 Å². The van der Waals surface area contributed by atoms with Gasteiger partial charge in [-0.1, -0.05) is 50.1 Å². The molecule has 2 saturated carbocycles. The van der Waals surface area contributed by atoms with Gasteiger partial charge in [0.25, 0.3) is 0 Å². The Hall–Kier alpha value is -1.35. The second-order valence-electron chi connectivity index (χ2n) is 7.06. The highest BCUT2D eigenvalue weighted by molar-refractivity contribution is 5.81. The number of aliphatic hydroxyl groups is 1. The summed E-state index contributed by atoms with van der Waals surface area (Å²) in [6.07, 6.45) is 6.85. The van der Waals surface area contributed by atoms with Crippen molar-refractivity contribution < 1.29 is 14.6 Å². The Morgan fingerprint density at radius 2 is 1.82 bits per heavy atom. The van der Waals surface area contributed by atoms with E-state index in [2.05, 4.69) is 6.92 Å². The van der Waals surface area contributed by atoms with Crippen LogP contribution >= 0.6 is 0 Å². The second-order valence-corrected chi connectivity index (χ2v) is 7.06. The van der Waals surface area contributed by atoms with E-state index in [0.29, 0.717) is 11.5 Å². The van der Waals surface area contributed by atoms with Gasteiger partial charge in [0, 0.05) is 5.92 Å². The molecular formula is C19H26O3. The monoisotopic (exact) mass is 302 g/mol. The van der Waals surface area contributed by atoms with E-state index >= 15 is 0 Å². The zero-order chi connectivity index (χ0) is 15.6. The molecule has 0 saturated heterocycles. The molecule has 2 aliphatic rings. The van der Waals surface area contributed by atoms with E-state index in [1.54, 1.807) is 0 Å². The molecule has 1 aromatic carbocycles. The number of carbonyl (C=O) groups is 1. The normalized spacial score (nSPS) is 28.5. The third-order valence-corrected chi connectivity index (χ3v) is 5.39. The molecule has 22 heavy (non-hydrogen) atoms. The Bertz CT molecular complexity index is 507. The van der Waals surface area contributed by atoms with Crippen molar-refractivity contribution in [1.29, 1.82) is 0 Å². The van der Waals surface area contributed by atoms with Crippen LogP contribution in [0.4, 0.5) is 0 Å². The molecule has 0 aliphatic heterocycles. The van der Waals surface area contributed by atoms with Gasteiger partial charge in [-0.05, 0) is 43.6 Å². The molecule has 3 atom stereocenters. The van der Waals surface area contributed by atoms with Gasteiger partial charge < -0.3 is 9.84 Å². The minimum atomic E-state index is -1.48. The first-order valence-electron chi connectivity index (χ1n) is 8.59. The third-order valence-electron chi connectivity index (χ3n) is 5.39. The molecule has 3 nitrogen and oxygen atoms in total. The lowest BCUT2D eigenvalue weighted by Crippen LogP contribution is -2.44. The Morgan fingerprint density at radius 1 is 1.14 bits per heavy atom. The molecule has 2 fully saturated rings. The summed E-state index contributed by atoms with van der Waals surface area (Å²) >= 11 is 0. The highest BCUT2D eigenvalue weighted by Gasteiger charge is 2.48. The van der Waals surface area contributed by atoms with Gasteiger partial charge in [-0.3, -0.25) is 0 Å². The van der Waals surface area contributed by atoms with E-state index < -0.39 is 11.6 Å². The number of carbonyl (C=O) groups excluding carboxylic acids is 1. The van der Waals surface area contributed by atoms with Gasteiger partial charge in [-0.25, -0.2) is 4.79 Å². The number of hydrogen-bond acceptors (Lipinski definition) is 3. The van der Waals surface area contributed by atoms with Gasteiger partial charge in [0.2, 0.25) is 0 Å². The molecular weight excluding hydrogens is 276 g/mol. The lowest BCUT2D eigenvalue weighted by molar-refractivity contribution is -0.179. The summed E-state index contributed by atoms with van der Waals surface area (Å²) in [6, 6.07) is 9.34. The lowest BCUT2D eigenvalue weighted by Gasteiger charge is -2.33. The van der Waals surface area contributed by atoms with Gasteiger partial charge in [0.15, 0.2) is 5.60 Å². The van der Waals surface area contributed by atoms with Crippen molar-refractivity contribution in [3.8, 4) is 0 Å². The third kappa shape index (κ3) is 2.91. The van der Waals surface area contributed by atoms with Crippen molar-refractivity contribution >= 4 is 5.97 Å². The van der Waals surface area contributed by atoms with Crippen LogP contribution in [-0.2, 0) is 15.1 Å². The SMILES string of the molecule is CC1CCC(OC(=O)C(O)(c2ccccc2)C2CCCC2)C1. The van der Waals surface area contributed by atoms with Crippen molar-refractivity contribution in [2.45, 2.75) is 63.6 Å². The summed E-state index contributed by atoms with van der Waals surface area (Å²) in [5, 5.41) is 11.3. The average Bonchev–Trinajstić information content (AvgIpc) is 3.19. The molecule has 0 spiro atoms. The van der Waals surface area contributed by atoms with Gasteiger partial charge in [0.1, 0.15) is 6.10 Å². The van der Waals surface area contributed by atoms with Crippen molar-refractivity contribution in [3.63, 3.8) is 0 Å². The molecule has 3 unspecified atom stereocenters. The molecule has 1 N–H and O–H groups in total. The summed E-state index contributed by atoms with van der Waals surface area (Å²) < 4.78 is 5.72. The fourth-order valence-corrected chi connectivity index (χ4v) is 4.06. The molecule has 1 aromatic rings. The fourth-order valence-electron chi connectivity index (χ4n) is 4.06. The van der Waals surface area contributed by atoms with Crippen molar-refractivity contribution in [2.75, 3.05) is 0 Å². The number of benzene rings is 1. The highest BCUT2D eigenvalue weighted by atomic mass is 16.6.